The van der Waals surface area contributed by atoms with E-state index in [1.807, 2.05) is 0 Å². The van der Waals surface area contributed by atoms with Gasteiger partial charge in [0.1, 0.15) is 24.0 Å². The summed E-state index contributed by atoms with van der Waals surface area (Å²) >= 11 is 0. The Morgan fingerprint density at radius 2 is 1.65 bits per heavy atom. The summed E-state index contributed by atoms with van der Waals surface area (Å²) in [7, 11) is 1.31. The van der Waals surface area contributed by atoms with E-state index >= 15 is 0 Å². The first-order valence-corrected chi connectivity index (χ1v) is 7.01. The number of hydrogen-bond acceptors (Lipinski definition) is 4. The molecule has 3 rings (SSSR count). The highest BCUT2D eigenvalue weighted by Gasteiger charge is 2.34. The third-order valence-electron chi connectivity index (χ3n) is 3.61. The molecule has 118 valence electrons. The largest absolute Gasteiger partial charge is 0.468 e. The third-order valence-corrected chi connectivity index (χ3v) is 3.61. The molecule has 0 N–H and O–H groups in total. The number of hydrogen-bond donors (Lipinski definition) is 0. The molecule has 0 spiro atoms. The van der Waals surface area contributed by atoms with Gasteiger partial charge >= 0.3 is 5.97 Å². The van der Waals surface area contributed by atoms with Crippen molar-refractivity contribution in [1.29, 1.82) is 0 Å². The Morgan fingerprint density at radius 3 is 2.22 bits per heavy atom. The van der Waals surface area contributed by atoms with E-state index in [1.54, 1.807) is 29.2 Å². The molecule has 2 aromatic rings. The van der Waals surface area contributed by atoms with Gasteiger partial charge in [0.15, 0.2) is 6.17 Å². The first-order valence-electron chi connectivity index (χ1n) is 7.01. The van der Waals surface area contributed by atoms with Gasteiger partial charge in [-0.2, -0.15) is 0 Å². The highest BCUT2D eigenvalue weighted by Crippen LogP contribution is 2.33. The predicted molar refractivity (Wildman–Crippen MR) is 80.8 cm³/mol. The van der Waals surface area contributed by atoms with Crippen LogP contribution in [0.25, 0.3) is 0 Å². The fraction of sp³-hybridized carbons (Fsp3) is 0.176. The van der Waals surface area contributed by atoms with E-state index < -0.39 is 12.1 Å². The lowest BCUT2D eigenvalue weighted by Crippen LogP contribution is -2.46. The van der Waals surface area contributed by atoms with Crippen molar-refractivity contribution in [2.24, 2.45) is 4.99 Å². The average Bonchev–Trinajstić information content (AvgIpc) is 2.55. The Morgan fingerprint density at radius 1 is 1.09 bits per heavy atom. The van der Waals surface area contributed by atoms with Crippen molar-refractivity contribution in [3.8, 4) is 0 Å². The maximum atomic E-state index is 13.1. The zero-order valence-corrected chi connectivity index (χ0v) is 12.4. The van der Waals surface area contributed by atoms with E-state index in [-0.39, 0.29) is 18.2 Å². The zero-order chi connectivity index (χ0) is 16.4. The van der Waals surface area contributed by atoms with Crippen LogP contribution in [0.5, 0.6) is 0 Å². The number of benzene rings is 2. The summed E-state index contributed by atoms with van der Waals surface area (Å²) in [6.07, 6.45) is -0.394. The van der Waals surface area contributed by atoms with Crippen LogP contribution in [0, 0.1) is 11.6 Å². The Kier molecular flexibility index (Phi) is 4.06. The molecule has 6 heteroatoms. The molecular weight excluding hydrogens is 302 g/mol. The maximum Gasteiger partial charge on any atom is 0.325 e. The molecule has 0 amide bonds. The molecule has 0 radical (unpaired) electrons. The van der Waals surface area contributed by atoms with E-state index in [0.717, 1.165) is 5.56 Å². The first kappa shape index (κ1) is 15.1. The normalized spacial score (nSPS) is 16.6. The van der Waals surface area contributed by atoms with Crippen molar-refractivity contribution in [2.45, 2.75) is 6.17 Å². The van der Waals surface area contributed by atoms with E-state index in [0.29, 0.717) is 11.4 Å². The summed E-state index contributed by atoms with van der Waals surface area (Å²) in [5, 5.41) is 0. The first-order chi connectivity index (χ1) is 11.1. The second kappa shape index (κ2) is 6.16. The van der Waals surface area contributed by atoms with Gasteiger partial charge in [0.05, 0.1) is 7.11 Å². The van der Waals surface area contributed by atoms with Crippen LogP contribution in [-0.2, 0) is 9.53 Å². The highest BCUT2D eigenvalue weighted by molar-refractivity contribution is 6.03. The van der Waals surface area contributed by atoms with Gasteiger partial charge in [-0.25, -0.2) is 13.8 Å². The molecule has 1 atom stereocenters. The number of amidine groups is 1. The Balaban J connectivity index is 1.91. The van der Waals surface area contributed by atoms with Gasteiger partial charge in [-0.15, -0.1) is 0 Å². The number of esters is 1. The molecule has 1 aliphatic heterocycles. The van der Waals surface area contributed by atoms with E-state index in [1.165, 1.54) is 31.4 Å². The third kappa shape index (κ3) is 3.06. The molecule has 23 heavy (non-hydrogen) atoms. The molecule has 1 unspecified atom stereocenters. The van der Waals surface area contributed by atoms with Crippen LogP contribution in [0.4, 0.5) is 8.78 Å². The van der Waals surface area contributed by atoms with Crippen molar-refractivity contribution >= 4 is 11.8 Å². The molecular formula is C17H14F2N2O2. The topological polar surface area (TPSA) is 41.9 Å². The van der Waals surface area contributed by atoms with Crippen LogP contribution >= 0.6 is 0 Å². The molecule has 0 saturated carbocycles. The quantitative estimate of drug-likeness (QED) is 0.815. The second-order valence-corrected chi connectivity index (χ2v) is 5.09. The summed E-state index contributed by atoms with van der Waals surface area (Å²) in [6, 6.07) is 11.8. The lowest BCUT2D eigenvalue weighted by molar-refractivity contribution is -0.141. The monoisotopic (exact) mass is 316 g/mol. The molecule has 0 fully saturated rings. The van der Waals surface area contributed by atoms with E-state index in [2.05, 4.69) is 4.99 Å². The van der Waals surface area contributed by atoms with Crippen molar-refractivity contribution in [1.82, 2.24) is 4.90 Å². The summed E-state index contributed by atoms with van der Waals surface area (Å²) in [5.74, 6) is -0.519. The van der Waals surface area contributed by atoms with E-state index in [9.17, 15) is 13.6 Å². The highest BCUT2D eigenvalue weighted by atomic mass is 19.1. The number of rotatable bonds is 4. The molecule has 2 aromatic carbocycles. The fourth-order valence-corrected chi connectivity index (χ4v) is 2.41. The average molecular weight is 316 g/mol. The number of halogens is 2. The lowest BCUT2D eigenvalue weighted by Gasteiger charge is -2.39. The molecule has 1 heterocycles. The Bertz CT molecular complexity index is 742. The van der Waals surface area contributed by atoms with Crippen LogP contribution < -0.4 is 0 Å². The van der Waals surface area contributed by atoms with Crippen molar-refractivity contribution < 1.29 is 18.3 Å². The minimum Gasteiger partial charge on any atom is -0.468 e. The zero-order valence-electron chi connectivity index (χ0n) is 12.4. The van der Waals surface area contributed by atoms with Gasteiger partial charge in [0, 0.05) is 5.56 Å². The number of methoxy groups -OCH3 is 1. The number of ether oxygens (including phenoxy) is 1. The minimum absolute atomic E-state index is 0.00868. The van der Waals surface area contributed by atoms with Gasteiger partial charge in [-0.1, -0.05) is 12.1 Å². The van der Waals surface area contributed by atoms with Gasteiger partial charge in [0.2, 0.25) is 0 Å². The van der Waals surface area contributed by atoms with E-state index in [4.69, 9.17) is 4.74 Å². The summed E-state index contributed by atoms with van der Waals surface area (Å²) < 4.78 is 30.8. The number of carbonyl (C=O) groups is 1. The molecule has 0 saturated heterocycles. The van der Waals surface area contributed by atoms with Crippen LogP contribution in [0.15, 0.2) is 53.5 Å². The van der Waals surface area contributed by atoms with Crippen LogP contribution in [0.3, 0.4) is 0 Å². The maximum absolute atomic E-state index is 13.1. The number of carbonyl (C=O) groups excluding carboxylic acids is 1. The van der Waals surface area contributed by atoms with Gasteiger partial charge in [-0.05, 0) is 42.0 Å². The van der Waals surface area contributed by atoms with Crippen molar-refractivity contribution in [3.05, 3.63) is 71.3 Å². The molecule has 4 nitrogen and oxygen atoms in total. The van der Waals surface area contributed by atoms with Crippen LogP contribution in [0.2, 0.25) is 0 Å². The van der Waals surface area contributed by atoms with Crippen LogP contribution in [-0.4, -0.2) is 30.4 Å². The Hall–Kier alpha value is -2.76. The molecule has 0 aromatic heterocycles. The molecule has 0 aliphatic carbocycles. The van der Waals surface area contributed by atoms with Gasteiger partial charge < -0.3 is 9.64 Å². The Labute approximate surface area is 132 Å². The lowest BCUT2D eigenvalue weighted by atomic mass is 10.0. The van der Waals surface area contributed by atoms with Crippen molar-refractivity contribution in [3.63, 3.8) is 0 Å². The van der Waals surface area contributed by atoms with Crippen molar-refractivity contribution in [2.75, 3.05) is 13.7 Å². The standard InChI is InChI=1S/C17H14F2N2O2/c1-23-15(22)10-21-16(11-2-6-13(18)7-3-11)20-17(21)12-4-8-14(19)9-5-12/h2-9,16H,10H2,1H3. The number of nitrogens with zero attached hydrogens (tertiary/aromatic N) is 2. The SMILES string of the molecule is COC(=O)CN1C(c2ccc(F)cc2)=NC1c1ccc(F)cc1. The summed E-state index contributed by atoms with van der Waals surface area (Å²) in [4.78, 5) is 17.9. The smallest absolute Gasteiger partial charge is 0.325 e. The summed E-state index contributed by atoms with van der Waals surface area (Å²) in [5.41, 5.74) is 1.47. The summed E-state index contributed by atoms with van der Waals surface area (Å²) in [6.45, 7) is 0.00868. The predicted octanol–water partition coefficient (Wildman–Crippen LogP) is 2.90. The minimum atomic E-state index is -0.411. The molecule has 0 bridgehead atoms. The van der Waals surface area contributed by atoms with Crippen LogP contribution in [0.1, 0.15) is 17.3 Å². The fourth-order valence-electron chi connectivity index (χ4n) is 2.41. The van der Waals surface area contributed by atoms with Gasteiger partial charge in [0.25, 0.3) is 0 Å². The second-order valence-electron chi connectivity index (χ2n) is 5.09. The number of aliphatic imine (C=N–C) groups is 1. The van der Waals surface area contributed by atoms with Gasteiger partial charge in [-0.3, -0.25) is 4.79 Å². The molecule has 1 aliphatic rings.